The van der Waals surface area contributed by atoms with Crippen LogP contribution in [0.2, 0.25) is 3.43 Å². The molecule has 1 rings (SSSR count). The summed E-state index contributed by atoms with van der Waals surface area (Å²) in [5, 5.41) is 0. The summed E-state index contributed by atoms with van der Waals surface area (Å²) in [5.74, 6) is 1.02. The molecule has 0 aliphatic heterocycles. The van der Waals surface area contributed by atoms with Crippen molar-refractivity contribution in [3.8, 4) is 0 Å². The average Bonchev–Trinajstić information content (AvgIpc) is 2.02. The zero-order valence-electron chi connectivity index (χ0n) is 9.46. The van der Waals surface area contributed by atoms with Gasteiger partial charge in [-0.3, -0.25) is 0 Å². The summed E-state index contributed by atoms with van der Waals surface area (Å²) in [6, 6.07) is 2.09. The Kier molecular flexibility index (Phi) is 4.35. The molecule has 1 aromatic rings. The minimum absolute atomic E-state index is 0.473. The van der Waals surface area contributed by atoms with Crippen molar-refractivity contribution in [1.29, 1.82) is 0 Å². The van der Waals surface area contributed by atoms with Gasteiger partial charge in [-0.15, -0.1) is 0 Å². The van der Waals surface area contributed by atoms with Crippen molar-refractivity contribution >= 4 is 24.9 Å². The van der Waals surface area contributed by atoms with E-state index in [9.17, 15) is 0 Å². The molecule has 2 nitrogen and oxygen atoms in total. The van der Waals surface area contributed by atoms with Gasteiger partial charge in [0.2, 0.25) is 0 Å². The van der Waals surface area contributed by atoms with Gasteiger partial charge in [-0.1, -0.05) is 0 Å². The molecule has 76 valence electrons. The van der Waals surface area contributed by atoms with E-state index in [1.807, 2.05) is 6.20 Å². The zero-order chi connectivity index (χ0) is 10.6. The van der Waals surface area contributed by atoms with Crippen LogP contribution in [0.3, 0.4) is 0 Å². The van der Waals surface area contributed by atoms with Gasteiger partial charge >= 0.3 is 96.9 Å². The quantitative estimate of drug-likeness (QED) is 0.797. The molecule has 0 saturated heterocycles. The third-order valence-corrected chi connectivity index (χ3v) is 5.35. The number of hydrogen-bond acceptors (Lipinski definition) is 2. The van der Waals surface area contributed by atoms with E-state index in [2.05, 4.69) is 43.7 Å². The van der Waals surface area contributed by atoms with Gasteiger partial charge in [-0.05, 0) is 0 Å². The topological polar surface area (TPSA) is 25.8 Å². The summed E-state index contributed by atoms with van der Waals surface area (Å²) in [7, 11) is 0. The summed E-state index contributed by atoms with van der Waals surface area (Å²) in [6.07, 6.45) is 4.06. The first-order valence-corrected chi connectivity index (χ1v) is 7.97. The second-order valence-corrected chi connectivity index (χ2v) is 10.9. The van der Waals surface area contributed by atoms with Crippen molar-refractivity contribution < 1.29 is 0 Å². The Balaban J connectivity index is 2.73. The molecule has 0 unspecified atom stereocenters. The normalized spacial score (nSPS) is 11.7. The molecule has 0 amide bonds. The van der Waals surface area contributed by atoms with E-state index < -0.39 is 21.1 Å². The third kappa shape index (κ3) is 4.40. The van der Waals surface area contributed by atoms with Gasteiger partial charge in [0.25, 0.3) is 0 Å². The number of aryl methyl sites for hydroxylation is 1. The fraction of sp³-hybridized carbons (Fsp3) is 0.636. The number of rotatable bonds is 3. The maximum absolute atomic E-state index is 4.61. The molecule has 0 bridgehead atoms. The van der Waals surface area contributed by atoms with Crippen molar-refractivity contribution in [3.63, 3.8) is 0 Å². The summed E-state index contributed by atoms with van der Waals surface area (Å²) in [5.41, 5.74) is 0. The molecule has 1 aromatic heterocycles. The molecular weight excluding hydrogens is 279 g/mol. The second kappa shape index (κ2) is 5.10. The minimum atomic E-state index is -0.550. The SMILES string of the molecule is CCCc1ncc[c]([Sn][C](C)(C)C)n1. The summed E-state index contributed by atoms with van der Waals surface area (Å²) >= 11 is -0.550. The molecule has 0 aliphatic carbocycles. The molecule has 14 heavy (non-hydrogen) atoms. The first kappa shape index (κ1) is 12.0. The molecular formula is C11H18N2Sn. The van der Waals surface area contributed by atoms with E-state index in [-0.39, 0.29) is 0 Å². The van der Waals surface area contributed by atoms with E-state index >= 15 is 0 Å². The molecule has 0 aliphatic rings. The predicted molar refractivity (Wildman–Crippen MR) is 61.1 cm³/mol. The second-order valence-electron chi connectivity index (χ2n) is 4.48. The van der Waals surface area contributed by atoms with Crippen molar-refractivity contribution in [1.82, 2.24) is 9.97 Å². The summed E-state index contributed by atoms with van der Waals surface area (Å²) < 4.78 is 1.81. The fourth-order valence-electron chi connectivity index (χ4n) is 1.20. The van der Waals surface area contributed by atoms with Crippen LogP contribution in [0.5, 0.6) is 0 Å². The van der Waals surface area contributed by atoms with E-state index in [1.165, 1.54) is 3.71 Å². The van der Waals surface area contributed by atoms with Gasteiger partial charge in [-0.2, -0.15) is 0 Å². The van der Waals surface area contributed by atoms with E-state index in [0.29, 0.717) is 3.43 Å². The van der Waals surface area contributed by atoms with Gasteiger partial charge < -0.3 is 0 Å². The van der Waals surface area contributed by atoms with Crippen LogP contribution in [0, 0.1) is 0 Å². The molecule has 0 fully saturated rings. The van der Waals surface area contributed by atoms with Gasteiger partial charge in [0.1, 0.15) is 0 Å². The Labute approximate surface area is 96.8 Å². The molecule has 0 saturated carbocycles. The molecule has 0 atom stereocenters. The molecule has 2 radical (unpaired) electrons. The van der Waals surface area contributed by atoms with Gasteiger partial charge in [0.05, 0.1) is 0 Å². The Morgan fingerprint density at radius 2 is 2.07 bits per heavy atom. The van der Waals surface area contributed by atoms with Crippen LogP contribution in [0.1, 0.15) is 39.9 Å². The summed E-state index contributed by atoms with van der Waals surface area (Å²) in [4.78, 5) is 8.89. The Hall–Kier alpha value is -0.121. The average molecular weight is 297 g/mol. The van der Waals surface area contributed by atoms with E-state index in [4.69, 9.17) is 0 Å². The van der Waals surface area contributed by atoms with Gasteiger partial charge in [0.15, 0.2) is 0 Å². The fourth-order valence-corrected chi connectivity index (χ4v) is 4.37. The third-order valence-electron chi connectivity index (χ3n) is 1.68. The van der Waals surface area contributed by atoms with Crippen LogP contribution in [-0.2, 0) is 6.42 Å². The predicted octanol–water partition coefficient (Wildman–Crippen LogP) is 1.98. The number of nitrogens with zero attached hydrogens (tertiary/aromatic N) is 2. The molecule has 0 N–H and O–H groups in total. The monoisotopic (exact) mass is 298 g/mol. The Morgan fingerprint density at radius 1 is 1.36 bits per heavy atom. The first-order chi connectivity index (χ1) is 6.51. The summed E-state index contributed by atoms with van der Waals surface area (Å²) in [6.45, 7) is 9.09. The number of hydrogen-bond donors (Lipinski definition) is 0. The Morgan fingerprint density at radius 3 is 2.64 bits per heavy atom. The Bertz CT molecular complexity index is 292. The van der Waals surface area contributed by atoms with Gasteiger partial charge in [0, 0.05) is 0 Å². The molecule has 0 aromatic carbocycles. The van der Waals surface area contributed by atoms with Crippen molar-refractivity contribution in [2.45, 2.75) is 44.0 Å². The first-order valence-electron chi connectivity index (χ1n) is 5.11. The number of aromatic nitrogens is 2. The standard InChI is InChI=1S/C7H9N2.C4H9.Sn/c1-2-4-7-8-5-3-6-9-7;1-4(2)3;/h3,5H,2,4H2,1H3;1-3H3;. The molecule has 3 heteroatoms. The van der Waals surface area contributed by atoms with Crippen molar-refractivity contribution in [2.75, 3.05) is 0 Å². The molecule has 1 heterocycles. The van der Waals surface area contributed by atoms with Crippen LogP contribution < -0.4 is 3.71 Å². The zero-order valence-corrected chi connectivity index (χ0v) is 12.3. The molecule has 0 spiro atoms. The van der Waals surface area contributed by atoms with Crippen LogP contribution in [0.25, 0.3) is 0 Å². The van der Waals surface area contributed by atoms with Crippen LogP contribution >= 0.6 is 0 Å². The van der Waals surface area contributed by atoms with Crippen LogP contribution in [0.4, 0.5) is 0 Å². The van der Waals surface area contributed by atoms with Crippen molar-refractivity contribution in [2.24, 2.45) is 0 Å². The van der Waals surface area contributed by atoms with E-state index in [0.717, 1.165) is 18.7 Å². The van der Waals surface area contributed by atoms with E-state index in [1.54, 1.807) is 0 Å². The van der Waals surface area contributed by atoms with Crippen LogP contribution in [-0.4, -0.2) is 31.1 Å². The van der Waals surface area contributed by atoms with Crippen LogP contribution in [0.15, 0.2) is 12.3 Å². The maximum atomic E-state index is 4.61. The van der Waals surface area contributed by atoms with Gasteiger partial charge in [-0.25, -0.2) is 0 Å². The van der Waals surface area contributed by atoms with Crippen molar-refractivity contribution in [3.05, 3.63) is 18.1 Å².